The highest BCUT2D eigenvalue weighted by molar-refractivity contribution is 5.72. The molecule has 0 aliphatic rings. The minimum Gasteiger partial charge on any atom is -0.507 e. The van der Waals surface area contributed by atoms with Gasteiger partial charge in [0.15, 0.2) is 0 Å². The van der Waals surface area contributed by atoms with Crippen LogP contribution in [0.15, 0.2) is 48.5 Å². The summed E-state index contributed by atoms with van der Waals surface area (Å²) in [5, 5.41) is 10.00. The fourth-order valence-corrected chi connectivity index (χ4v) is 2.44. The molecular weight excluding hydrogens is 232 g/mol. The predicted molar refractivity (Wildman–Crippen MR) is 81.4 cm³/mol. The number of para-hydroxylation sites is 1. The molecule has 0 aliphatic heterocycles. The molecule has 0 saturated heterocycles. The number of aryl methyl sites for hydroxylation is 1. The number of phenols is 1. The third kappa shape index (κ3) is 3.60. The van der Waals surface area contributed by atoms with Gasteiger partial charge in [-0.15, -0.1) is 0 Å². The fourth-order valence-electron chi connectivity index (χ4n) is 2.44. The van der Waals surface area contributed by atoms with Crippen molar-refractivity contribution in [2.75, 3.05) is 0 Å². The molecule has 0 amide bonds. The van der Waals surface area contributed by atoms with Crippen LogP contribution in [0.1, 0.15) is 38.2 Å². The smallest absolute Gasteiger partial charge is 0.123 e. The standard InChI is InChI=1S/C18H22O/c1-2-3-4-5-10-15-11-6-7-12-16(15)17-13-8-9-14-18(17)19/h6-9,11-14,19H,2-5,10H2,1H3. The third-order valence-corrected chi connectivity index (χ3v) is 3.51. The monoisotopic (exact) mass is 254 g/mol. The Morgan fingerprint density at radius 1 is 0.789 bits per heavy atom. The van der Waals surface area contributed by atoms with Crippen molar-refractivity contribution in [3.8, 4) is 16.9 Å². The van der Waals surface area contributed by atoms with Crippen LogP contribution < -0.4 is 0 Å². The van der Waals surface area contributed by atoms with E-state index in [4.69, 9.17) is 0 Å². The Bertz CT molecular complexity index is 517. The van der Waals surface area contributed by atoms with Gasteiger partial charge in [-0.25, -0.2) is 0 Å². The molecule has 0 saturated carbocycles. The van der Waals surface area contributed by atoms with Crippen molar-refractivity contribution in [1.29, 1.82) is 0 Å². The molecule has 0 atom stereocenters. The number of hydrogen-bond donors (Lipinski definition) is 1. The molecule has 19 heavy (non-hydrogen) atoms. The van der Waals surface area contributed by atoms with E-state index in [1.165, 1.54) is 31.2 Å². The lowest BCUT2D eigenvalue weighted by molar-refractivity contribution is 0.477. The zero-order chi connectivity index (χ0) is 13.5. The lowest BCUT2D eigenvalue weighted by Crippen LogP contribution is -1.91. The van der Waals surface area contributed by atoms with Gasteiger partial charge in [0.25, 0.3) is 0 Å². The van der Waals surface area contributed by atoms with E-state index in [-0.39, 0.29) is 0 Å². The second kappa shape index (κ2) is 6.98. The molecule has 0 aliphatic carbocycles. The molecule has 1 nitrogen and oxygen atoms in total. The molecule has 1 N–H and O–H groups in total. The van der Waals surface area contributed by atoms with Crippen molar-refractivity contribution < 1.29 is 5.11 Å². The maximum atomic E-state index is 10.00. The lowest BCUT2D eigenvalue weighted by Gasteiger charge is -2.11. The van der Waals surface area contributed by atoms with Gasteiger partial charge >= 0.3 is 0 Å². The van der Waals surface area contributed by atoms with E-state index in [1.54, 1.807) is 6.07 Å². The molecule has 0 spiro atoms. The van der Waals surface area contributed by atoms with E-state index in [0.717, 1.165) is 17.5 Å². The van der Waals surface area contributed by atoms with Gasteiger partial charge in [-0.2, -0.15) is 0 Å². The highest BCUT2D eigenvalue weighted by Crippen LogP contribution is 2.31. The summed E-state index contributed by atoms with van der Waals surface area (Å²) in [5.74, 6) is 0.364. The molecule has 0 heterocycles. The quantitative estimate of drug-likeness (QED) is 0.704. The zero-order valence-corrected chi connectivity index (χ0v) is 11.6. The van der Waals surface area contributed by atoms with Gasteiger partial charge < -0.3 is 5.11 Å². The Morgan fingerprint density at radius 3 is 2.21 bits per heavy atom. The van der Waals surface area contributed by atoms with E-state index >= 15 is 0 Å². The number of unbranched alkanes of at least 4 members (excludes halogenated alkanes) is 3. The summed E-state index contributed by atoms with van der Waals surface area (Å²) in [7, 11) is 0. The molecule has 100 valence electrons. The van der Waals surface area contributed by atoms with Gasteiger partial charge in [0.2, 0.25) is 0 Å². The summed E-state index contributed by atoms with van der Waals surface area (Å²) in [6, 6.07) is 16.0. The number of phenolic OH excluding ortho intramolecular Hbond substituents is 1. The Balaban J connectivity index is 2.19. The second-order valence-electron chi connectivity index (χ2n) is 4.98. The first-order valence-corrected chi connectivity index (χ1v) is 7.19. The average Bonchev–Trinajstić information content (AvgIpc) is 2.45. The van der Waals surface area contributed by atoms with Gasteiger partial charge in [-0.1, -0.05) is 68.7 Å². The highest BCUT2D eigenvalue weighted by Gasteiger charge is 2.07. The molecule has 0 aromatic heterocycles. The van der Waals surface area contributed by atoms with E-state index in [0.29, 0.717) is 5.75 Å². The normalized spacial score (nSPS) is 10.6. The molecule has 0 fully saturated rings. The summed E-state index contributed by atoms with van der Waals surface area (Å²) in [4.78, 5) is 0. The molecule has 0 radical (unpaired) electrons. The maximum Gasteiger partial charge on any atom is 0.123 e. The van der Waals surface area contributed by atoms with E-state index in [9.17, 15) is 5.11 Å². The van der Waals surface area contributed by atoms with Gasteiger partial charge in [0.1, 0.15) is 5.75 Å². The van der Waals surface area contributed by atoms with Crippen molar-refractivity contribution in [1.82, 2.24) is 0 Å². The number of benzene rings is 2. The van der Waals surface area contributed by atoms with Gasteiger partial charge in [-0.05, 0) is 30.0 Å². The van der Waals surface area contributed by atoms with Crippen LogP contribution in [-0.2, 0) is 6.42 Å². The second-order valence-corrected chi connectivity index (χ2v) is 4.98. The molecule has 0 bridgehead atoms. The molecular formula is C18H22O. The summed E-state index contributed by atoms with van der Waals surface area (Å²) < 4.78 is 0. The number of rotatable bonds is 6. The Kier molecular flexibility index (Phi) is 5.02. The van der Waals surface area contributed by atoms with Crippen molar-refractivity contribution >= 4 is 0 Å². The van der Waals surface area contributed by atoms with Crippen LogP contribution in [-0.4, -0.2) is 5.11 Å². The van der Waals surface area contributed by atoms with E-state index in [2.05, 4.69) is 25.1 Å². The first kappa shape index (κ1) is 13.7. The lowest BCUT2D eigenvalue weighted by atomic mass is 9.95. The van der Waals surface area contributed by atoms with Crippen molar-refractivity contribution in [2.24, 2.45) is 0 Å². The molecule has 2 rings (SSSR count). The fraction of sp³-hybridized carbons (Fsp3) is 0.333. The number of aromatic hydroxyl groups is 1. The van der Waals surface area contributed by atoms with Crippen LogP contribution in [0.5, 0.6) is 5.75 Å². The topological polar surface area (TPSA) is 20.2 Å². The predicted octanol–water partition coefficient (Wildman–Crippen LogP) is 5.18. The Hall–Kier alpha value is -1.76. The van der Waals surface area contributed by atoms with Crippen molar-refractivity contribution in [2.45, 2.75) is 39.0 Å². The third-order valence-electron chi connectivity index (χ3n) is 3.51. The van der Waals surface area contributed by atoms with Crippen LogP contribution in [0.2, 0.25) is 0 Å². The molecule has 0 unspecified atom stereocenters. The maximum absolute atomic E-state index is 10.00. The molecule has 2 aromatic carbocycles. The van der Waals surface area contributed by atoms with Gasteiger partial charge in [0, 0.05) is 5.56 Å². The SMILES string of the molecule is CCCCCCc1ccccc1-c1ccccc1O. The first-order valence-electron chi connectivity index (χ1n) is 7.19. The molecule has 2 aromatic rings. The number of hydrogen-bond acceptors (Lipinski definition) is 1. The highest BCUT2D eigenvalue weighted by atomic mass is 16.3. The van der Waals surface area contributed by atoms with Crippen molar-refractivity contribution in [3.05, 3.63) is 54.1 Å². The summed E-state index contributed by atoms with van der Waals surface area (Å²) in [6.45, 7) is 2.23. The summed E-state index contributed by atoms with van der Waals surface area (Å²) in [5.41, 5.74) is 3.44. The first-order chi connectivity index (χ1) is 9.33. The average molecular weight is 254 g/mol. The van der Waals surface area contributed by atoms with Crippen LogP contribution in [0.3, 0.4) is 0 Å². The summed E-state index contributed by atoms with van der Waals surface area (Å²) in [6.07, 6.45) is 6.16. The van der Waals surface area contributed by atoms with E-state index < -0.39 is 0 Å². The van der Waals surface area contributed by atoms with Crippen LogP contribution in [0.25, 0.3) is 11.1 Å². The van der Waals surface area contributed by atoms with Crippen LogP contribution in [0, 0.1) is 0 Å². The Labute approximate surface area is 115 Å². The van der Waals surface area contributed by atoms with Crippen LogP contribution in [0.4, 0.5) is 0 Å². The minimum atomic E-state index is 0.364. The van der Waals surface area contributed by atoms with Crippen molar-refractivity contribution in [3.63, 3.8) is 0 Å². The van der Waals surface area contributed by atoms with Gasteiger partial charge in [-0.3, -0.25) is 0 Å². The minimum absolute atomic E-state index is 0.364. The molecule has 1 heteroatoms. The van der Waals surface area contributed by atoms with E-state index in [1.807, 2.05) is 24.3 Å². The zero-order valence-electron chi connectivity index (χ0n) is 11.6. The van der Waals surface area contributed by atoms with Crippen LogP contribution >= 0.6 is 0 Å². The van der Waals surface area contributed by atoms with Gasteiger partial charge in [0.05, 0.1) is 0 Å². The Morgan fingerprint density at radius 2 is 1.47 bits per heavy atom. The largest absolute Gasteiger partial charge is 0.507 e. The summed E-state index contributed by atoms with van der Waals surface area (Å²) >= 11 is 0.